The number of aromatic nitrogens is 2. The number of aliphatic imine (C=N–C) groups is 1. The van der Waals surface area contributed by atoms with Gasteiger partial charge in [-0.05, 0) is 62.6 Å². The molecule has 0 unspecified atom stereocenters. The monoisotopic (exact) mass is 485 g/mol. The standard InChI is InChI=1S/C23H27N5O5S/c1-15-9-16(2)21(17(3)10-15)34(32,33)27-23(22(30)31,25-14-29)12-18-5-6-20-19(11-18)13-26-28(20)8-4-7-24/h5-6,9-11,13,27H,4,7-8,12,24H2,1-3H3,(H,30,31)/t23-/m0/s1. The summed E-state index contributed by atoms with van der Waals surface area (Å²) in [6, 6.07) is 8.47. The second-order valence-corrected chi connectivity index (χ2v) is 9.90. The van der Waals surface area contributed by atoms with E-state index in [0.717, 1.165) is 22.9 Å². The summed E-state index contributed by atoms with van der Waals surface area (Å²) < 4.78 is 30.5. The number of carbonyl (C=O) groups excluding carboxylic acids is 1. The lowest BCUT2D eigenvalue weighted by Gasteiger charge is -2.26. The third kappa shape index (κ3) is 5.07. The minimum atomic E-state index is -4.36. The first-order chi connectivity index (χ1) is 16.0. The molecule has 180 valence electrons. The van der Waals surface area contributed by atoms with Gasteiger partial charge in [0, 0.05) is 18.4 Å². The molecule has 0 spiro atoms. The fourth-order valence-electron chi connectivity index (χ4n) is 4.17. The van der Waals surface area contributed by atoms with Crippen molar-refractivity contribution in [1.29, 1.82) is 0 Å². The first kappa shape index (κ1) is 25.3. The summed E-state index contributed by atoms with van der Waals surface area (Å²) in [5.41, 5.74) is 6.12. The van der Waals surface area contributed by atoms with Gasteiger partial charge in [0.1, 0.15) is 0 Å². The van der Waals surface area contributed by atoms with Gasteiger partial charge in [-0.3, -0.25) is 4.68 Å². The lowest BCUT2D eigenvalue weighted by Crippen LogP contribution is -2.54. The normalized spacial score (nSPS) is 13.4. The number of rotatable bonds is 10. The van der Waals surface area contributed by atoms with E-state index in [1.54, 1.807) is 55.1 Å². The van der Waals surface area contributed by atoms with E-state index in [-0.39, 0.29) is 4.90 Å². The summed E-state index contributed by atoms with van der Waals surface area (Å²) in [4.78, 5) is 26.9. The van der Waals surface area contributed by atoms with Gasteiger partial charge < -0.3 is 10.8 Å². The summed E-state index contributed by atoms with van der Waals surface area (Å²) in [5.74, 6) is -1.62. The summed E-state index contributed by atoms with van der Waals surface area (Å²) in [7, 11) is -4.36. The van der Waals surface area contributed by atoms with Crippen LogP contribution in [0, 0.1) is 20.8 Å². The predicted molar refractivity (Wildman–Crippen MR) is 127 cm³/mol. The quantitative estimate of drug-likeness (QED) is 0.292. The summed E-state index contributed by atoms with van der Waals surface area (Å²) in [6.45, 7) is 6.22. The van der Waals surface area contributed by atoms with Crippen LogP contribution in [-0.4, -0.2) is 47.6 Å². The molecule has 0 aliphatic heterocycles. The molecule has 0 aliphatic carbocycles. The van der Waals surface area contributed by atoms with Crippen molar-refractivity contribution >= 4 is 33.0 Å². The van der Waals surface area contributed by atoms with Gasteiger partial charge in [-0.25, -0.2) is 18.0 Å². The fourth-order valence-corrected chi connectivity index (χ4v) is 5.89. The molecule has 1 heterocycles. The molecule has 11 heteroatoms. The Labute approximate surface area is 197 Å². The molecule has 10 nitrogen and oxygen atoms in total. The number of aryl methyl sites for hydroxylation is 4. The Morgan fingerprint density at radius 1 is 1.24 bits per heavy atom. The maximum Gasteiger partial charge on any atom is 0.348 e. The van der Waals surface area contributed by atoms with E-state index in [1.165, 1.54) is 6.08 Å². The lowest BCUT2D eigenvalue weighted by molar-refractivity contribution is -0.143. The van der Waals surface area contributed by atoms with Crippen LogP contribution < -0.4 is 10.5 Å². The number of carbonyl (C=O) groups is 1. The zero-order valence-electron chi connectivity index (χ0n) is 19.2. The SMILES string of the molecule is Cc1cc(C)c(S(=O)(=O)N[C@](Cc2ccc3c(cnn3CCCN)c2)(N=C=O)C(=O)O)c(C)c1. The predicted octanol–water partition coefficient (Wildman–Crippen LogP) is 1.95. The number of isocyanates is 1. The largest absolute Gasteiger partial charge is 0.478 e. The van der Waals surface area contributed by atoms with Gasteiger partial charge >= 0.3 is 5.97 Å². The Morgan fingerprint density at radius 2 is 1.91 bits per heavy atom. The highest BCUT2D eigenvalue weighted by Gasteiger charge is 2.44. The number of hydrogen-bond acceptors (Lipinski definition) is 7. The third-order valence-electron chi connectivity index (χ3n) is 5.51. The second kappa shape index (κ2) is 9.86. The number of aliphatic carboxylic acids is 1. The summed E-state index contributed by atoms with van der Waals surface area (Å²) >= 11 is 0. The van der Waals surface area contributed by atoms with Crippen molar-refractivity contribution < 1.29 is 23.1 Å². The molecular weight excluding hydrogens is 458 g/mol. The van der Waals surface area contributed by atoms with E-state index in [0.29, 0.717) is 29.8 Å². The second-order valence-electron chi connectivity index (χ2n) is 8.28. The van der Waals surface area contributed by atoms with E-state index in [4.69, 9.17) is 5.73 Å². The molecule has 3 rings (SSSR count). The summed E-state index contributed by atoms with van der Waals surface area (Å²) in [6.07, 6.45) is 3.19. The first-order valence-electron chi connectivity index (χ1n) is 10.6. The molecule has 0 bridgehead atoms. The van der Waals surface area contributed by atoms with Gasteiger partial charge in [0.15, 0.2) is 0 Å². The van der Waals surface area contributed by atoms with E-state index in [9.17, 15) is 23.1 Å². The van der Waals surface area contributed by atoms with E-state index < -0.39 is 28.1 Å². The van der Waals surface area contributed by atoms with Gasteiger partial charge in [0.2, 0.25) is 21.8 Å². The number of nitrogens with one attached hydrogen (secondary N) is 1. The van der Waals surface area contributed by atoms with E-state index in [1.807, 2.05) is 6.92 Å². The van der Waals surface area contributed by atoms with Crippen molar-refractivity contribution in [2.45, 2.75) is 50.7 Å². The van der Waals surface area contributed by atoms with Crippen molar-refractivity contribution in [2.75, 3.05) is 6.54 Å². The van der Waals surface area contributed by atoms with Crippen molar-refractivity contribution in [2.24, 2.45) is 10.7 Å². The van der Waals surface area contributed by atoms with E-state index in [2.05, 4.69) is 14.8 Å². The Balaban J connectivity index is 2.03. The Kier molecular flexibility index (Phi) is 7.32. The number of nitrogens with zero attached hydrogens (tertiary/aromatic N) is 3. The first-order valence-corrected chi connectivity index (χ1v) is 12.1. The number of fused-ring (bicyclic) bond motifs is 1. The molecule has 2 aromatic carbocycles. The summed E-state index contributed by atoms with van der Waals surface area (Å²) in [5, 5.41) is 15.0. The number of nitrogens with two attached hydrogens (primary N) is 1. The molecule has 3 aromatic rings. The molecule has 0 aliphatic rings. The maximum absolute atomic E-state index is 13.3. The molecule has 34 heavy (non-hydrogen) atoms. The lowest BCUT2D eigenvalue weighted by atomic mass is 10.00. The number of hydrogen-bond donors (Lipinski definition) is 3. The van der Waals surface area contributed by atoms with Gasteiger partial charge in [-0.2, -0.15) is 14.8 Å². The van der Waals surface area contributed by atoms with Crippen molar-refractivity contribution in [3.63, 3.8) is 0 Å². The van der Waals surface area contributed by atoms with Crippen LogP contribution in [0.5, 0.6) is 0 Å². The van der Waals surface area contributed by atoms with Crippen molar-refractivity contribution in [1.82, 2.24) is 14.5 Å². The number of benzene rings is 2. The van der Waals surface area contributed by atoms with Crippen LogP contribution >= 0.6 is 0 Å². The number of carboxylic acid groups (broad SMARTS) is 1. The highest BCUT2D eigenvalue weighted by atomic mass is 32.2. The van der Waals surface area contributed by atoms with Crippen molar-refractivity contribution in [3.05, 3.63) is 58.8 Å². The Hall–Kier alpha value is -3.37. The highest BCUT2D eigenvalue weighted by molar-refractivity contribution is 7.89. The Bertz CT molecular complexity index is 1360. The zero-order valence-corrected chi connectivity index (χ0v) is 20.0. The molecule has 0 saturated heterocycles. The topological polar surface area (TPSA) is 157 Å². The highest BCUT2D eigenvalue weighted by Crippen LogP contribution is 2.26. The molecule has 1 atom stereocenters. The van der Waals surface area contributed by atoms with Crippen LogP contribution in [-0.2, 0) is 32.6 Å². The Morgan fingerprint density at radius 3 is 2.50 bits per heavy atom. The molecular formula is C23H27N5O5S. The maximum atomic E-state index is 13.3. The smallest absolute Gasteiger partial charge is 0.348 e. The molecule has 0 fully saturated rings. The van der Waals surface area contributed by atoms with Gasteiger partial charge in [0.05, 0.1) is 16.6 Å². The molecule has 4 N–H and O–H groups in total. The van der Waals surface area contributed by atoms with Gasteiger partial charge in [-0.15, -0.1) is 0 Å². The van der Waals surface area contributed by atoms with Crippen molar-refractivity contribution in [3.8, 4) is 0 Å². The van der Waals surface area contributed by atoms with Crippen LogP contribution in [0.3, 0.4) is 0 Å². The van der Waals surface area contributed by atoms with Gasteiger partial charge in [-0.1, -0.05) is 23.8 Å². The van der Waals surface area contributed by atoms with Crippen LogP contribution in [0.1, 0.15) is 28.7 Å². The average Bonchev–Trinajstić information content (AvgIpc) is 3.13. The van der Waals surface area contributed by atoms with Gasteiger partial charge in [0.25, 0.3) is 0 Å². The minimum Gasteiger partial charge on any atom is -0.478 e. The number of sulfonamides is 1. The molecule has 0 saturated carbocycles. The molecule has 0 radical (unpaired) electrons. The average molecular weight is 486 g/mol. The number of carboxylic acids is 1. The minimum absolute atomic E-state index is 0.0542. The van der Waals surface area contributed by atoms with Crippen LogP contribution in [0.4, 0.5) is 0 Å². The third-order valence-corrected chi connectivity index (χ3v) is 7.29. The fraction of sp³-hybridized carbons (Fsp3) is 0.348. The van der Waals surface area contributed by atoms with Crippen LogP contribution in [0.2, 0.25) is 0 Å². The van der Waals surface area contributed by atoms with Crippen LogP contribution in [0.25, 0.3) is 10.9 Å². The van der Waals surface area contributed by atoms with E-state index >= 15 is 0 Å². The zero-order chi connectivity index (χ0) is 25.1. The molecule has 1 aromatic heterocycles. The molecule has 0 amide bonds. The van der Waals surface area contributed by atoms with Crippen LogP contribution in [0.15, 0.2) is 46.4 Å².